The molecule has 0 spiro atoms. The number of hydrogen-bond donors (Lipinski definition) is 5. The van der Waals surface area contributed by atoms with Gasteiger partial charge in [-0.15, -0.1) is 0 Å². The van der Waals surface area contributed by atoms with Gasteiger partial charge in [-0.3, -0.25) is 4.79 Å². The summed E-state index contributed by atoms with van der Waals surface area (Å²) in [6.07, 6.45) is -0.0705. The van der Waals surface area contributed by atoms with Gasteiger partial charge in [-0.2, -0.15) is 0 Å². The Morgan fingerprint density at radius 3 is 2.37 bits per heavy atom. The highest BCUT2D eigenvalue weighted by molar-refractivity contribution is 7.91. The molecule has 0 unspecified atom stereocenters. The molecular formula is C25H27ClN2O6S. The molecule has 35 heavy (non-hydrogen) atoms. The lowest BCUT2D eigenvalue weighted by molar-refractivity contribution is 0.0942. The van der Waals surface area contributed by atoms with Crippen LogP contribution in [0.4, 0.5) is 0 Å². The van der Waals surface area contributed by atoms with Crippen LogP contribution in [0.25, 0.3) is 0 Å². The minimum Gasteiger partial charge on any atom is -0.507 e. The van der Waals surface area contributed by atoms with Gasteiger partial charge in [0, 0.05) is 18.1 Å². The fourth-order valence-corrected chi connectivity index (χ4v) is 4.89. The number of sulfone groups is 1. The number of phenolic OH excluding ortho intramolecular Hbond substituents is 1. The Hall–Kier alpha value is -2.95. The van der Waals surface area contributed by atoms with E-state index in [0.29, 0.717) is 24.5 Å². The van der Waals surface area contributed by atoms with Crippen LogP contribution < -0.4 is 10.6 Å². The first-order valence-corrected chi connectivity index (χ1v) is 12.8. The van der Waals surface area contributed by atoms with Crippen molar-refractivity contribution >= 4 is 27.3 Å². The Bertz CT molecular complexity index is 1270. The minimum absolute atomic E-state index is 0.0227. The number of halogens is 1. The molecule has 0 aliphatic carbocycles. The molecule has 0 bridgehead atoms. The largest absolute Gasteiger partial charge is 0.507 e. The summed E-state index contributed by atoms with van der Waals surface area (Å²) in [7, 11) is -3.92. The van der Waals surface area contributed by atoms with Crippen LogP contribution in [0.5, 0.6) is 5.75 Å². The van der Waals surface area contributed by atoms with Crippen molar-refractivity contribution in [2.75, 3.05) is 26.2 Å². The number of hydrogen-bond acceptors (Lipinski definition) is 7. The Labute approximate surface area is 209 Å². The third-order valence-corrected chi connectivity index (χ3v) is 7.32. The smallest absolute Gasteiger partial charge is 0.255 e. The van der Waals surface area contributed by atoms with Crippen molar-refractivity contribution in [3.05, 3.63) is 88.4 Å². The first-order chi connectivity index (χ1) is 16.7. The Morgan fingerprint density at radius 2 is 1.69 bits per heavy atom. The number of carbonyl (C=O) groups excluding carboxylic acids is 1. The summed E-state index contributed by atoms with van der Waals surface area (Å²) in [5, 5.41) is 35.2. The van der Waals surface area contributed by atoms with E-state index in [1.807, 2.05) is 0 Å². The first-order valence-electron chi connectivity index (χ1n) is 10.9. The van der Waals surface area contributed by atoms with Gasteiger partial charge in [0.2, 0.25) is 9.84 Å². The summed E-state index contributed by atoms with van der Waals surface area (Å²) in [6.45, 7) is 0.621. The molecule has 8 nitrogen and oxygen atoms in total. The van der Waals surface area contributed by atoms with Gasteiger partial charge >= 0.3 is 0 Å². The van der Waals surface area contributed by atoms with Crippen LogP contribution in [-0.2, 0) is 16.3 Å². The molecule has 0 aromatic heterocycles. The number of rotatable bonds is 11. The Balaban J connectivity index is 1.61. The molecule has 1 amide bonds. The second-order valence-corrected chi connectivity index (χ2v) is 10.2. The number of carbonyl (C=O) groups is 1. The summed E-state index contributed by atoms with van der Waals surface area (Å²) < 4.78 is 26.1. The fraction of sp³-hybridized carbons (Fsp3) is 0.240. The summed E-state index contributed by atoms with van der Waals surface area (Å²) in [5.41, 5.74) is 1.44. The predicted octanol–water partition coefficient (Wildman–Crippen LogP) is 2.47. The summed E-state index contributed by atoms with van der Waals surface area (Å²) in [4.78, 5) is 12.1. The molecule has 0 saturated heterocycles. The molecule has 186 valence electrons. The molecule has 3 aromatic carbocycles. The fourth-order valence-electron chi connectivity index (χ4n) is 3.40. The maximum Gasteiger partial charge on any atom is 0.255 e. The van der Waals surface area contributed by atoms with Crippen LogP contribution >= 0.6 is 11.6 Å². The van der Waals surface area contributed by atoms with Crippen molar-refractivity contribution in [3.63, 3.8) is 0 Å². The maximum absolute atomic E-state index is 13.0. The summed E-state index contributed by atoms with van der Waals surface area (Å²) in [5.74, 6) is -1.04. The maximum atomic E-state index is 13.0. The lowest BCUT2D eigenvalue weighted by atomic mass is 10.1. The van der Waals surface area contributed by atoms with E-state index in [9.17, 15) is 23.4 Å². The van der Waals surface area contributed by atoms with Gasteiger partial charge in [-0.05, 0) is 66.6 Å². The van der Waals surface area contributed by atoms with Crippen LogP contribution in [0.1, 0.15) is 27.6 Å². The molecule has 3 rings (SSSR count). The van der Waals surface area contributed by atoms with Gasteiger partial charge in [0.1, 0.15) is 5.75 Å². The van der Waals surface area contributed by atoms with E-state index < -0.39 is 21.8 Å². The highest BCUT2D eigenvalue weighted by Crippen LogP contribution is 2.26. The van der Waals surface area contributed by atoms with Gasteiger partial charge in [-0.1, -0.05) is 35.9 Å². The van der Waals surface area contributed by atoms with Crippen LogP contribution in [-0.4, -0.2) is 55.9 Å². The monoisotopic (exact) mass is 518 g/mol. The lowest BCUT2D eigenvalue weighted by Gasteiger charge is -2.13. The number of aliphatic hydroxyl groups excluding tert-OH is 2. The molecule has 0 heterocycles. The van der Waals surface area contributed by atoms with Gasteiger partial charge in [0.25, 0.3) is 5.91 Å². The minimum atomic E-state index is -3.92. The molecule has 0 aliphatic heterocycles. The van der Waals surface area contributed by atoms with E-state index >= 15 is 0 Å². The number of phenols is 1. The predicted molar refractivity (Wildman–Crippen MR) is 132 cm³/mol. The molecule has 0 radical (unpaired) electrons. The van der Waals surface area contributed by atoms with Gasteiger partial charge in [0.05, 0.1) is 28.1 Å². The molecular weight excluding hydrogens is 492 g/mol. The van der Waals surface area contributed by atoms with Crippen molar-refractivity contribution in [2.24, 2.45) is 0 Å². The third-order valence-electron chi connectivity index (χ3n) is 5.32. The normalized spacial score (nSPS) is 12.3. The van der Waals surface area contributed by atoms with Crippen LogP contribution in [0.15, 0.2) is 76.5 Å². The molecule has 0 aliphatic rings. The lowest BCUT2D eigenvalue weighted by Crippen LogP contribution is -2.26. The molecule has 5 N–H and O–H groups in total. The van der Waals surface area contributed by atoms with E-state index in [1.165, 1.54) is 18.2 Å². The summed E-state index contributed by atoms with van der Waals surface area (Å²) in [6, 6.07) is 16.9. The Morgan fingerprint density at radius 1 is 0.971 bits per heavy atom. The van der Waals surface area contributed by atoms with Crippen molar-refractivity contribution in [1.82, 2.24) is 10.6 Å². The van der Waals surface area contributed by atoms with E-state index in [1.54, 1.807) is 36.4 Å². The topological polar surface area (TPSA) is 136 Å². The molecule has 3 aromatic rings. The van der Waals surface area contributed by atoms with Crippen LogP contribution in [0.3, 0.4) is 0 Å². The molecule has 10 heteroatoms. The number of nitrogens with one attached hydrogen (secondary N) is 2. The second-order valence-electron chi connectivity index (χ2n) is 7.83. The number of benzene rings is 3. The third kappa shape index (κ3) is 7.03. The average molecular weight is 519 g/mol. The summed E-state index contributed by atoms with van der Waals surface area (Å²) >= 11 is 5.95. The highest BCUT2D eigenvalue weighted by atomic mass is 35.5. The van der Waals surface area contributed by atoms with Gasteiger partial charge in [0.15, 0.2) is 0 Å². The number of aromatic hydroxyl groups is 1. The zero-order chi connectivity index (χ0) is 25.4. The zero-order valence-electron chi connectivity index (χ0n) is 18.8. The Kier molecular flexibility index (Phi) is 9.25. The van der Waals surface area contributed by atoms with Crippen LogP contribution in [0.2, 0.25) is 5.02 Å². The quantitative estimate of drug-likeness (QED) is 0.246. The standard InChI is InChI=1S/C25H27ClN2O6S/c26-19-3-1-2-18(14-19)24(31)16-27-11-10-17-4-6-20(7-5-17)35(33,34)21-8-9-23(30)22(15-21)25(32)28-12-13-29/h1-9,14-15,24,27,29-31H,10-13,16H2,(H,28,32)/t24-/m1/s1. The number of aliphatic hydroxyl groups is 2. The van der Waals surface area contributed by atoms with E-state index in [-0.39, 0.29) is 34.3 Å². The van der Waals surface area contributed by atoms with Crippen molar-refractivity contribution in [3.8, 4) is 5.75 Å². The SMILES string of the molecule is O=C(NCCO)c1cc(S(=O)(=O)c2ccc(CCNC[C@@H](O)c3cccc(Cl)c3)cc2)ccc1O. The average Bonchev–Trinajstić information content (AvgIpc) is 2.85. The van der Waals surface area contributed by atoms with E-state index in [0.717, 1.165) is 23.3 Å². The van der Waals surface area contributed by atoms with Crippen molar-refractivity contribution < 1.29 is 28.5 Å². The highest BCUT2D eigenvalue weighted by Gasteiger charge is 2.21. The van der Waals surface area contributed by atoms with Crippen molar-refractivity contribution in [2.45, 2.75) is 22.3 Å². The van der Waals surface area contributed by atoms with E-state index in [2.05, 4.69) is 10.6 Å². The number of amides is 1. The molecule has 0 saturated carbocycles. The second kappa shape index (κ2) is 12.1. The van der Waals surface area contributed by atoms with Gasteiger partial charge in [-0.25, -0.2) is 8.42 Å². The van der Waals surface area contributed by atoms with Crippen LogP contribution in [0, 0.1) is 0 Å². The van der Waals surface area contributed by atoms with E-state index in [4.69, 9.17) is 16.7 Å². The molecule has 1 atom stereocenters. The zero-order valence-corrected chi connectivity index (χ0v) is 20.4. The van der Waals surface area contributed by atoms with Crippen molar-refractivity contribution in [1.29, 1.82) is 0 Å². The first kappa shape index (κ1) is 26.7. The van der Waals surface area contributed by atoms with Gasteiger partial charge < -0.3 is 26.0 Å². The molecule has 0 fully saturated rings.